The Labute approximate surface area is 110 Å². The molecule has 104 valence electrons. The fraction of sp³-hybridized carbons (Fsp3) is 0.846. The predicted octanol–water partition coefficient (Wildman–Crippen LogP) is 0.454. The van der Waals surface area contributed by atoms with Crippen LogP contribution in [0.4, 0.5) is 0 Å². The molecule has 0 radical (unpaired) electrons. The Morgan fingerprint density at radius 2 is 2.06 bits per heavy atom. The minimum atomic E-state index is -0.726. The van der Waals surface area contributed by atoms with Crippen LogP contribution >= 0.6 is 0 Å². The molecular formula is C13H25N3O2. The fourth-order valence-corrected chi connectivity index (χ4v) is 2.44. The van der Waals surface area contributed by atoms with Crippen LogP contribution in [0.25, 0.3) is 0 Å². The van der Waals surface area contributed by atoms with E-state index in [-0.39, 0.29) is 17.9 Å². The third-order valence-electron chi connectivity index (χ3n) is 3.54. The van der Waals surface area contributed by atoms with Crippen molar-refractivity contribution >= 4 is 11.8 Å². The molecule has 1 heterocycles. The third kappa shape index (κ3) is 3.02. The molecule has 1 fully saturated rings. The Morgan fingerprint density at radius 1 is 1.44 bits per heavy atom. The second-order valence-corrected chi connectivity index (χ2v) is 5.49. The van der Waals surface area contributed by atoms with Crippen molar-refractivity contribution < 1.29 is 9.59 Å². The van der Waals surface area contributed by atoms with Crippen LogP contribution < -0.4 is 5.32 Å². The van der Waals surface area contributed by atoms with Crippen molar-refractivity contribution in [1.82, 2.24) is 15.1 Å². The highest BCUT2D eigenvalue weighted by Crippen LogP contribution is 2.22. The van der Waals surface area contributed by atoms with E-state index in [9.17, 15) is 9.59 Å². The number of carbonyl (C=O) groups excluding carboxylic acids is 2. The summed E-state index contributed by atoms with van der Waals surface area (Å²) in [4.78, 5) is 27.8. The molecule has 1 saturated heterocycles. The number of carbonyl (C=O) groups is 2. The number of rotatable bonds is 4. The van der Waals surface area contributed by atoms with Gasteiger partial charge in [0.15, 0.2) is 0 Å². The van der Waals surface area contributed by atoms with E-state index >= 15 is 0 Å². The Kier molecular flexibility index (Phi) is 4.73. The first-order chi connectivity index (χ1) is 8.30. The highest BCUT2D eigenvalue weighted by Gasteiger charge is 2.42. The highest BCUT2D eigenvalue weighted by atomic mass is 16.2. The number of hydrogen-bond acceptors (Lipinski definition) is 3. The van der Waals surface area contributed by atoms with Crippen LogP contribution in [0.2, 0.25) is 0 Å². The smallest absolute Gasteiger partial charge is 0.247 e. The van der Waals surface area contributed by atoms with Crippen LogP contribution in [0, 0.1) is 0 Å². The normalized spacial score (nSPS) is 21.1. The summed E-state index contributed by atoms with van der Waals surface area (Å²) < 4.78 is 0. The number of hydrogen-bond donors (Lipinski definition) is 1. The molecule has 1 unspecified atom stereocenters. The minimum Gasteiger partial charge on any atom is -0.342 e. The number of likely N-dealkylation sites (N-methyl/N-ethyl adjacent to an activating group) is 1. The molecule has 0 spiro atoms. The largest absolute Gasteiger partial charge is 0.342 e. The van der Waals surface area contributed by atoms with Crippen molar-refractivity contribution in [3.8, 4) is 0 Å². The van der Waals surface area contributed by atoms with Gasteiger partial charge in [-0.05, 0) is 27.3 Å². The van der Waals surface area contributed by atoms with Crippen molar-refractivity contribution in [3.05, 3.63) is 0 Å². The molecule has 0 aromatic rings. The number of nitrogens with one attached hydrogen (secondary N) is 1. The highest BCUT2D eigenvalue weighted by molar-refractivity contribution is 5.91. The van der Waals surface area contributed by atoms with Crippen molar-refractivity contribution in [3.63, 3.8) is 0 Å². The van der Waals surface area contributed by atoms with Gasteiger partial charge < -0.3 is 15.1 Å². The molecule has 1 aliphatic rings. The third-order valence-corrected chi connectivity index (χ3v) is 3.54. The molecule has 1 aliphatic heterocycles. The lowest BCUT2D eigenvalue weighted by atomic mass is 9.97. The summed E-state index contributed by atoms with van der Waals surface area (Å²) in [6, 6.07) is 0.146. The van der Waals surface area contributed by atoms with E-state index in [0.29, 0.717) is 19.5 Å². The Morgan fingerprint density at radius 3 is 2.61 bits per heavy atom. The van der Waals surface area contributed by atoms with Gasteiger partial charge in [0, 0.05) is 32.6 Å². The van der Waals surface area contributed by atoms with Gasteiger partial charge in [0.2, 0.25) is 11.8 Å². The topological polar surface area (TPSA) is 52.7 Å². The lowest BCUT2D eigenvalue weighted by Gasteiger charge is -2.45. The first-order valence-corrected chi connectivity index (χ1v) is 6.60. The van der Waals surface area contributed by atoms with Crippen LogP contribution in [-0.4, -0.2) is 59.9 Å². The molecule has 5 heteroatoms. The average Bonchev–Trinajstić information content (AvgIpc) is 2.26. The summed E-state index contributed by atoms with van der Waals surface area (Å²) in [5.74, 6) is 0.0631. The summed E-state index contributed by atoms with van der Waals surface area (Å²) in [5, 5.41) is 3.22. The zero-order chi connectivity index (χ0) is 13.9. The van der Waals surface area contributed by atoms with Gasteiger partial charge in [0.05, 0.1) is 0 Å². The molecule has 5 nitrogen and oxygen atoms in total. The van der Waals surface area contributed by atoms with Gasteiger partial charge in [0.25, 0.3) is 0 Å². The summed E-state index contributed by atoms with van der Waals surface area (Å²) in [5.41, 5.74) is -0.726. The van der Waals surface area contributed by atoms with E-state index in [1.807, 2.05) is 27.7 Å². The second kappa shape index (κ2) is 5.69. The van der Waals surface area contributed by atoms with E-state index in [2.05, 4.69) is 5.32 Å². The number of nitrogens with zero attached hydrogens (tertiary/aromatic N) is 2. The molecule has 0 aromatic heterocycles. The summed E-state index contributed by atoms with van der Waals surface area (Å²) in [7, 11) is 1.78. The summed E-state index contributed by atoms with van der Waals surface area (Å²) in [6.07, 6.45) is 0.439. The summed E-state index contributed by atoms with van der Waals surface area (Å²) in [6.45, 7) is 9.73. The Balaban J connectivity index is 2.71. The van der Waals surface area contributed by atoms with Crippen molar-refractivity contribution in [2.75, 3.05) is 26.7 Å². The average molecular weight is 255 g/mol. The molecule has 18 heavy (non-hydrogen) atoms. The predicted molar refractivity (Wildman–Crippen MR) is 71.2 cm³/mol. The molecular weight excluding hydrogens is 230 g/mol. The van der Waals surface area contributed by atoms with Gasteiger partial charge in [0.1, 0.15) is 5.54 Å². The molecule has 1 rings (SSSR count). The maximum atomic E-state index is 12.3. The fourth-order valence-electron chi connectivity index (χ4n) is 2.44. The maximum Gasteiger partial charge on any atom is 0.247 e. The van der Waals surface area contributed by atoms with Crippen LogP contribution in [-0.2, 0) is 9.59 Å². The lowest BCUT2D eigenvalue weighted by Crippen LogP contribution is -2.64. The second-order valence-electron chi connectivity index (χ2n) is 5.49. The van der Waals surface area contributed by atoms with E-state index in [1.165, 1.54) is 0 Å². The standard InChI is InChI=1S/C13H25N3O2/c1-6-14-10(2)9-11(17)16-8-7-15(5)12(18)13(16,3)4/h10,14H,6-9H2,1-5H3. The Hall–Kier alpha value is -1.10. The van der Waals surface area contributed by atoms with Gasteiger partial charge in [-0.15, -0.1) is 0 Å². The van der Waals surface area contributed by atoms with E-state index < -0.39 is 5.54 Å². The van der Waals surface area contributed by atoms with Crippen LogP contribution in [0.1, 0.15) is 34.1 Å². The molecule has 2 amide bonds. The van der Waals surface area contributed by atoms with Gasteiger partial charge in [-0.25, -0.2) is 0 Å². The Bertz CT molecular complexity index is 328. The van der Waals surface area contributed by atoms with Crippen molar-refractivity contribution in [2.24, 2.45) is 0 Å². The minimum absolute atomic E-state index is 0.0122. The number of piperazine rings is 1. The van der Waals surface area contributed by atoms with E-state index in [1.54, 1.807) is 16.8 Å². The quantitative estimate of drug-likeness (QED) is 0.794. The van der Waals surface area contributed by atoms with Crippen LogP contribution in [0.3, 0.4) is 0 Å². The van der Waals surface area contributed by atoms with Gasteiger partial charge in [-0.3, -0.25) is 9.59 Å². The monoisotopic (exact) mass is 255 g/mol. The number of amides is 2. The molecule has 0 bridgehead atoms. The van der Waals surface area contributed by atoms with E-state index in [4.69, 9.17) is 0 Å². The molecule has 0 aromatic carbocycles. The zero-order valence-electron chi connectivity index (χ0n) is 12.1. The first-order valence-electron chi connectivity index (χ1n) is 6.60. The van der Waals surface area contributed by atoms with Crippen LogP contribution in [0.15, 0.2) is 0 Å². The molecule has 1 atom stereocenters. The van der Waals surface area contributed by atoms with Gasteiger partial charge in [-0.1, -0.05) is 6.92 Å². The molecule has 1 N–H and O–H groups in total. The lowest BCUT2D eigenvalue weighted by molar-refractivity contribution is -0.157. The van der Waals surface area contributed by atoms with Gasteiger partial charge >= 0.3 is 0 Å². The zero-order valence-corrected chi connectivity index (χ0v) is 12.1. The maximum absolute atomic E-state index is 12.3. The molecule has 0 aliphatic carbocycles. The van der Waals surface area contributed by atoms with Crippen molar-refractivity contribution in [1.29, 1.82) is 0 Å². The molecule has 0 saturated carbocycles. The van der Waals surface area contributed by atoms with Gasteiger partial charge in [-0.2, -0.15) is 0 Å². The van der Waals surface area contributed by atoms with E-state index in [0.717, 1.165) is 6.54 Å². The van der Waals surface area contributed by atoms with Crippen LogP contribution in [0.5, 0.6) is 0 Å². The SMILES string of the molecule is CCNC(C)CC(=O)N1CCN(C)C(=O)C1(C)C. The first kappa shape index (κ1) is 15.0. The van der Waals surface area contributed by atoms with Crippen molar-refractivity contribution in [2.45, 2.75) is 45.7 Å². The summed E-state index contributed by atoms with van der Waals surface area (Å²) >= 11 is 0.